The summed E-state index contributed by atoms with van der Waals surface area (Å²) in [5, 5.41) is 13.0. The van der Waals surface area contributed by atoms with Crippen molar-refractivity contribution in [2.45, 2.75) is 44.8 Å². The lowest BCUT2D eigenvalue weighted by Crippen LogP contribution is -2.37. The molecule has 0 radical (unpaired) electrons. The first-order valence-corrected chi connectivity index (χ1v) is 5.82. The molecule has 1 aliphatic rings. The fourth-order valence-electron chi connectivity index (χ4n) is 1.53. The predicted molar refractivity (Wildman–Crippen MR) is 59.4 cm³/mol. The zero-order valence-corrected chi connectivity index (χ0v) is 9.50. The highest BCUT2D eigenvalue weighted by atomic mass is 16.3. The minimum Gasteiger partial charge on any atom is -0.390 e. The molecule has 1 fully saturated rings. The van der Waals surface area contributed by atoms with E-state index in [0.29, 0.717) is 6.04 Å². The maximum absolute atomic E-state index is 9.69. The van der Waals surface area contributed by atoms with Crippen molar-refractivity contribution in [1.29, 1.82) is 0 Å². The number of rotatable bonds is 8. The third-order valence-electron chi connectivity index (χ3n) is 2.64. The molecule has 0 aromatic carbocycles. The summed E-state index contributed by atoms with van der Waals surface area (Å²) in [7, 11) is 2.08. The largest absolute Gasteiger partial charge is 0.390 e. The fourth-order valence-corrected chi connectivity index (χ4v) is 1.53. The number of hydrogen-bond donors (Lipinski definition) is 2. The van der Waals surface area contributed by atoms with Gasteiger partial charge < -0.3 is 15.3 Å². The van der Waals surface area contributed by atoms with Crippen LogP contribution in [0.2, 0.25) is 0 Å². The van der Waals surface area contributed by atoms with Crippen molar-refractivity contribution in [2.75, 3.05) is 26.7 Å². The van der Waals surface area contributed by atoms with Gasteiger partial charge in [0.15, 0.2) is 0 Å². The summed E-state index contributed by atoms with van der Waals surface area (Å²) in [6.45, 7) is 4.83. The average Bonchev–Trinajstić information content (AvgIpc) is 2.95. The van der Waals surface area contributed by atoms with Gasteiger partial charge in [0.2, 0.25) is 0 Å². The number of nitrogens with one attached hydrogen (secondary N) is 1. The van der Waals surface area contributed by atoms with Gasteiger partial charge >= 0.3 is 0 Å². The highest BCUT2D eigenvalue weighted by Crippen LogP contribution is 2.18. The third kappa shape index (κ3) is 5.58. The molecule has 0 spiro atoms. The summed E-state index contributed by atoms with van der Waals surface area (Å²) in [5.41, 5.74) is 0. The van der Waals surface area contributed by atoms with Crippen LogP contribution in [0.25, 0.3) is 0 Å². The fraction of sp³-hybridized carbons (Fsp3) is 1.00. The van der Waals surface area contributed by atoms with Gasteiger partial charge in [0.1, 0.15) is 0 Å². The molecule has 0 aromatic rings. The SMILES string of the molecule is CCCCN(C)C[C@H](O)CNC1CC1. The Morgan fingerprint density at radius 1 is 1.50 bits per heavy atom. The molecule has 1 rings (SSSR count). The zero-order chi connectivity index (χ0) is 10.4. The number of nitrogens with zero attached hydrogens (tertiary/aromatic N) is 1. The molecular weight excluding hydrogens is 176 g/mol. The van der Waals surface area contributed by atoms with E-state index in [2.05, 4.69) is 24.2 Å². The monoisotopic (exact) mass is 200 g/mol. The van der Waals surface area contributed by atoms with Crippen LogP contribution in [0, 0.1) is 0 Å². The Morgan fingerprint density at radius 3 is 2.79 bits per heavy atom. The third-order valence-corrected chi connectivity index (χ3v) is 2.64. The Kier molecular flexibility index (Phi) is 5.45. The molecule has 1 aliphatic carbocycles. The predicted octanol–water partition coefficient (Wildman–Crippen LogP) is 0.831. The molecule has 0 bridgehead atoms. The van der Waals surface area contributed by atoms with Gasteiger partial charge in [-0.1, -0.05) is 13.3 Å². The second kappa shape index (κ2) is 6.38. The average molecular weight is 200 g/mol. The molecule has 0 aliphatic heterocycles. The van der Waals surface area contributed by atoms with Crippen molar-refractivity contribution in [3.63, 3.8) is 0 Å². The van der Waals surface area contributed by atoms with Gasteiger partial charge in [-0.15, -0.1) is 0 Å². The topological polar surface area (TPSA) is 35.5 Å². The molecular formula is C11H24N2O. The summed E-state index contributed by atoms with van der Waals surface area (Å²) < 4.78 is 0. The summed E-state index contributed by atoms with van der Waals surface area (Å²) in [5.74, 6) is 0. The van der Waals surface area contributed by atoms with Gasteiger partial charge in [-0.2, -0.15) is 0 Å². The second-order valence-electron chi connectivity index (χ2n) is 4.45. The van der Waals surface area contributed by atoms with Crippen LogP contribution in [0.5, 0.6) is 0 Å². The summed E-state index contributed by atoms with van der Waals surface area (Å²) in [4.78, 5) is 2.21. The first kappa shape index (κ1) is 12.0. The Hall–Kier alpha value is -0.120. The van der Waals surface area contributed by atoms with Gasteiger partial charge in [0, 0.05) is 19.1 Å². The van der Waals surface area contributed by atoms with Crippen LogP contribution in [-0.4, -0.2) is 48.8 Å². The van der Waals surface area contributed by atoms with E-state index in [4.69, 9.17) is 0 Å². The Labute approximate surface area is 87.5 Å². The van der Waals surface area contributed by atoms with Gasteiger partial charge in [0.25, 0.3) is 0 Å². The quantitative estimate of drug-likeness (QED) is 0.609. The maximum Gasteiger partial charge on any atom is 0.0791 e. The van der Waals surface area contributed by atoms with Crippen LogP contribution >= 0.6 is 0 Å². The molecule has 0 unspecified atom stereocenters. The molecule has 0 heterocycles. The van der Waals surface area contributed by atoms with Gasteiger partial charge in [-0.25, -0.2) is 0 Å². The van der Waals surface area contributed by atoms with E-state index in [0.717, 1.165) is 19.6 Å². The van der Waals surface area contributed by atoms with Crippen LogP contribution in [0.1, 0.15) is 32.6 Å². The Balaban J connectivity index is 1.96. The molecule has 3 nitrogen and oxygen atoms in total. The molecule has 1 atom stereocenters. The lowest BCUT2D eigenvalue weighted by atomic mass is 10.3. The standard InChI is InChI=1S/C11H24N2O/c1-3-4-7-13(2)9-11(14)8-12-10-5-6-10/h10-12,14H,3-9H2,1-2H3/t11-/m1/s1. The molecule has 2 N–H and O–H groups in total. The van der Waals surface area contributed by atoms with Crippen LogP contribution in [0.3, 0.4) is 0 Å². The van der Waals surface area contributed by atoms with E-state index < -0.39 is 0 Å². The van der Waals surface area contributed by atoms with Crippen molar-refractivity contribution in [3.05, 3.63) is 0 Å². The minimum atomic E-state index is -0.211. The van der Waals surface area contributed by atoms with Gasteiger partial charge in [-0.3, -0.25) is 0 Å². The maximum atomic E-state index is 9.69. The van der Waals surface area contributed by atoms with Crippen LogP contribution in [0.4, 0.5) is 0 Å². The van der Waals surface area contributed by atoms with Crippen LogP contribution < -0.4 is 5.32 Å². The van der Waals surface area contributed by atoms with E-state index >= 15 is 0 Å². The van der Waals surface area contributed by atoms with E-state index in [1.165, 1.54) is 25.7 Å². The summed E-state index contributed by atoms with van der Waals surface area (Å²) >= 11 is 0. The van der Waals surface area contributed by atoms with Crippen molar-refractivity contribution in [2.24, 2.45) is 0 Å². The number of unbranched alkanes of at least 4 members (excludes halogenated alkanes) is 1. The normalized spacial score (nSPS) is 18.9. The first-order valence-electron chi connectivity index (χ1n) is 5.82. The second-order valence-corrected chi connectivity index (χ2v) is 4.45. The smallest absolute Gasteiger partial charge is 0.0791 e. The molecule has 0 amide bonds. The van der Waals surface area contributed by atoms with Crippen molar-refractivity contribution < 1.29 is 5.11 Å². The van der Waals surface area contributed by atoms with Crippen molar-refractivity contribution >= 4 is 0 Å². The molecule has 1 saturated carbocycles. The molecule has 0 aromatic heterocycles. The number of aliphatic hydroxyl groups excluding tert-OH is 1. The lowest BCUT2D eigenvalue weighted by Gasteiger charge is -2.20. The molecule has 0 saturated heterocycles. The van der Waals surface area contributed by atoms with E-state index in [1.807, 2.05) is 0 Å². The Bertz CT molecular complexity index is 148. The van der Waals surface area contributed by atoms with Crippen LogP contribution in [0.15, 0.2) is 0 Å². The lowest BCUT2D eigenvalue weighted by molar-refractivity contribution is 0.123. The summed E-state index contributed by atoms with van der Waals surface area (Å²) in [6.07, 6.45) is 4.81. The Morgan fingerprint density at radius 2 is 2.21 bits per heavy atom. The summed E-state index contributed by atoms with van der Waals surface area (Å²) in [6, 6.07) is 0.700. The van der Waals surface area contributed by atoms with Crippen LogP contribution in [-0.2, 0) is 0 Å². The van der Waals surface area contributed by atoms with Crippen molar-refractivity contribution in [3.8, 4) is 0 Å². The van der Waals surface area contributed by atoms with E-state index in [1.54, 1.807) is 0 Å². The van der Waals surface area contributed by atoms with Gasteiger partial charge in [-0.05, 0) is 32.9 Å². The highest BCUT2D eigenvalue weighted by Gasteiger charge is 2.21. The van der Waals surface area contributed by atoms with Crippen molar-refractivity contribution in [1.82, 2.24) is 10.2 Å². The molecule has 3 heteroatoms. The molecule has 14 heavy (non-hydrogen) atoms. The minimum absolute atomic E-state index is 0.211. The first-order chi connectivity index (χ1) is 6.72. The highest BCUT2D eigenvalue weighted by molar-refractivity contribution is 4.82. The van der Waals surface area contributed by atoms with Gasteiger partial charge in [0.05, 0.1) is 6.10 Å². The number of likely N-dealkylation sites (N-methyl/N-ethyl adjacent to an activating group) is 1. The number of hydrogen-bond acceptors (Lipinski definition) is 3. The number of aliphatic hydroxyl groups is 1. The molecule has 84 valence electrons. The zero-order valence-electron chi connectivity index (χ0n) is 9.50. The van der Waals surface area contributed by atoms with E-state index in [-0.39, 0.29) is 6.10 Å². The van der Waals surface area contributed by atoms with E-state index in [9.17, 15) is 5.11 Å².